The van der Waals surface area contributed by atoms with Crippen LogP contribution in [0, 0.1) is 0 Å². The number of H-pyrrole nitrogens is 1. The summed E-state index contributed by atoms with van der Waals surface area (Å²) in [7, 11) is 0. The first-order valence-corrected chi connectivity index (χ1v) is 6.60. The van der Waals surface area contributed by atoms with E-state index >= 15 is 0 Å². The van der Waals surface area contributed by atoms with Gasteiger partial charge in [0.2, 0.25) is 0 Å². The van der Waals surface area contributed by atoms with Crippen LogP contribution in [0.15, 0.2) is 16.9 Å². The molecule has 25 heavy (non-hydrogen) atoms. The molecule has 0 saturated heterocycles. The van der Waals surface area contributed by atoms with Gasteiger partial charge in [0, 0.05) is 6.20 Å². The van der Waals surface area contributed by atoms with Crippen LogP contribution in [-0.2, 0) is 11.8 Å². The summed E-state index contributed by atoms with van der Waals surface area (Å²) in [5.41, 5.74) is -4.96. The van der Waals surface area contributed by atoms with E-state index in [1.165, 1.54) is 5.10 Å². The number of aromatic nitrogens is 4. The van der Waals surface area contributed by atoms with Crippen molar-refractivity contribution in [3.8, 4) is 5.69 Å². The molecule has 2 heterocycles. The molecule has 0 bridgehead atoms. The van der Waals surface area contributed by atoms with E-state index in [0.717, 1.165) is 0 Å². The lowest BCUT2D eigenvalue weighted by molar-refractivity contribution is -0.291. The van der Waals surface area contributed by atoms with Gasteiger partial charge in [-0.1, -0.05) is 0 Å². The largest absolute Gasteiger partial charge is 0.459 e. The quantitative estimate of drug-likeness (QED) is 0.694. The molecular weight excluding hydrogens is 446 g/mol. The van der Waals surface area contributed by atoms with E-state index in [1.807, 2.05) is 0 Å². The van der Waals surface area contributed by atoms with E-state index in [1.54, 1.807) is 0 Å². The highest BCUT2D eigenvalue weighted by Crippen LogP contribution is 2.47. The number of nitrogens with zero attached hydrogens (tertiary/aromatic N) is 3. The molecule has 0 radical (unpaired) electrons. The van der Waals surface area contributed by atoms with Gasteiger partial charge in [-0.25, -0.2) is 4.68 Å². The number of halogens is 11. The van der Waals surface area contributed by atoms with Gasteiger partial charge in [0.05, 0.1) is 0 Å². The average molecular weight is 449 g/mol. The fourth-order valence-electron chi connectivity index (χ4n) is 1.64. The van der Waals surface area contributed by atoms with Crippen LogP contribution in [0.5, 0.6) is 0 Å². The Morgan fingerprint density at radius 3 is 1.88 bits per heavy atom. The zero-order valence-corrected chi connectivity index (χ0v) is 12.7. The molecule has 0 saturated carbocycles. The SMILES string of the molecule is FC(F)(F)C(F)(F)c1ccn(-c2c(Br)n[nH]c2C(F)(F)C(F)(F)F)n1. The fourth-order valence-corrected chi connectivity index (χ4v) is 2.11. The smallest absolute Gasteiger partial charge is 0.273 e. The minimum Gasteiger partial charge on any atom is -0.273 e. The fraction of sp³-hybridized carbons (Fsp3) is 0.400. The summed E-state index contributed by atoms with van der Waals surface area (Å²) in [5, 5.41) is 7.16. The standard InChI is InChI=1S/C10H3BrF10N4/c11-6-4(5(22-23-6)8(14,15)10(19,20)21)25-2-1-3(24-25)7(12,13)9(16,17)18/h1-2H,(H,22,23). The molecule has 140 valence electrons. The molecule has 0 unspecified atom stereocenters. The van der Waals surface area contributed by atoms with Gasteiger partial charge in [-0.3, -0.25) is 5.10 Å². The summed E-state index contributed by atoms with van der Waals surface area (Å²) in [6, 6.07) is 0.127. The van der Waals surface area contributed by atoms with Crippen molar-refractivity contribution in [3.63, 3.8) is 0 Å². The Hall–Kier alpha value is -1.80. The van der Waals surface area contributed by atoms with Gasteiger partial charge >= 0.3 is 24.2 Å². The Labute approximate surface area is 138 Å². The molecule has 0 aromatic carbocycles. The van der Waals surface area contributed by atoms with Crippen molar-refractivity contribution in [2.24, 2.45) is 0 Å². The first-order valence-electron chi connectivity index (χ1n) is 5.80. The number of rotatable bonds is 3. The molecule has 0 atom stereocenters. The molecule has 2 aromatic heterocycles. The molecule has 0 aliphatic carbocycles. The van der Waals surface area contributed by atoms with Gasteiger partial charge in [-0.05, 0) is 22.0 Å². The molecule has 1 N–H and O–H groups in total. The highest BCUT2D eigenvalue weighted by atomic mass is 79.9. The predicted molar refractivity (Wildman–Crippen MR) is 63.3 cm³/mol. The average Bonchev–Trinajstić information content (AvgIpc) is 3.02. The summed E-state index contributed by atoms with van der Waals surface area (Å²) in [6.07, 6.45) is -11.8. The second-order valence-electron chi connectivity index (χ2n) is 4.53. The lowest BCUT2D eigenvalue weighted by Gasteiger charge is -2.19. The predicted octanol–water partition coefficient (Wildman–Crippen LogP) is 4.67. The maximum absolute atomic E-state index is 13.5. The topological polar surface area (TPSA) is 46.5 Å². The Balaban J connectivity index is 2.58. The second-order valence-corrected chi connectivity index (χ2v) is 5.28. The highest BCUT2D eigenvalue weighted by molar-refractivity contribution is 9.10. The van der Waals surface area contributed by atoms with Crippen LogP contribution in [0.1, 0.15) is 11.4 Å². The van der Waals surface area contributed by atoms with E-state index < -0.39 is 45.9 Å². The molecule has 15 heteroatoms. The molecule has 0 amide bonds. The Morgan fingerprint density at radius 1 is 0.880 bits per heavy atom. The van der Waals surface area contributed by atoms with Crippen molar-refractivity contribution < 1.29 is 43.9 Å². The zero-order chi connectivity index (χ0) is 19.4. The van der Waals surface area contributed by atoms with Gasteiger partial charge in [-0.2, -0.15) is 54.1 Å². The zero-order valence-electron chi connectivity index (χ0n) is 11.2. The number of aromatic amines is 1. The van der Waals surface area contributed by atoms with Crippen molar-refractivity contribution in [3.05, 3.63) is 28.3 Å². The number of alkyl halides is 10. The lowest BCUT2D eigenvalue weighted by Crippen LogP contribution is -2.35. The molecule has 0 aliphatic rings. The van der Waals surface area contributed by atoms with Crippen molar-refractivity contribution >= 4 is 15.9 Å². The van der Waals surface area contributed by atoms with Crippen LogP contribution in [-0.4, -0.2) is 32.3 Å². The Kier molecular flexibility index (Phi) is 4.38. The highest BCUT2D eigenvalue weighted by Gasteiger charge is 2.62. The Bertz CT molecular complexity index is 771. The molecule has 2 aromatic rings. The van der Waals surface area contributed by atoms with Crippen molar-refractivity contribution in [1.82, 2.24) is 20.0 Å². The van der Waals surface area contributed by atoms with E-state index in [0.29, 0.717) is 6.20 Å². The first kappa shape index (κ1) is 19.5. The van der Waals surface area contributed by atoms with Crippen molar-refractivity contribution in [2.45, 2.75) is 24.2 Å². The van der Waals surface area contributed by atoms with Gasteiger partial charge in [0.15, 0.2) is 4.60 Å². The van der Waals surface area contributed by atoms with E-state index in [-0.39, 0.29) is 10.7 Å². The van der Waals surface area contributed by atoms with Crippen LogP contribution in [0.4, 0.5) is 43.9 Å². The monoisotopic (exact) mass is 448 g/mol. The van der Waals surface area contributed by atoms with Crippen LogP contribution >= 0.6 is 15.9 Å². The minimum atomic E-state index is -6.08. The van der Waals surface area contributed by atoms with E-state index in [4.69, 9.17) is 0 Å². The lowest BCUT2D eigenvalue weighted by atomic mass is 10.2. The maximum Gasteiger partial charge on any atom is 0.459 e. The summed E-state index contributed by atoms with van der Waals surface area (Å²) >= 11 is 2.50. The second kappa shape index (κ2) is 5.60. The number of hydrogen-bond acceptors (Lipinski definition) is 2. The van der Waals surface area contributed by atoms with Crippen molar-refractivity contribution in [2.75, 3.05) is 0 Å². The van der Waals surface area contributed by atoms with Crippen LogP contribution in [0.25, 0.3) is 5.69 Å². The molecule has 0 aliphatic heterocycles. The molecule has 4 nitrogen and oxygen atoms in total. The van der Waals surface area contributed by atoms with Crippen LogP contribution in [0.3, 0.4) is 0 Å². The van der Waals surface area contributed by atoms with E-state index in [9.17, 15) is 43.9 Å². The van der Waals surface area contributed by atoms with Gasteiger partial charge in [0.1, 0.15) is 17.1 Å². The summed E-state index contributed by atoms with van der Waals surface area (Å²) in [4.78, 5) is 0. The summed E-state index contributed by atoms with van der Waals surface area (Å²) in [6.45, 7) is 0. The summed E-state index contributed by atoms with van der Waals surface area (Å²) in [5.74, 6) is -10.9. The third-order valence-electron chi connectivity index (χ3n) is 2.86. The van der Waals surface area contributed by atoms with Gasteiger partial charge in [-0.15, -0.1) is 0 Å². The van der Waals surface area contributed by atoms with Crippen molar-refractivity contribution in [1.29, 1.82) is 0 Å². The van der Waals surface area contributed by atoms with E-state index in [2.05, 4.69) is 26.1 Å². The third-order valence-corrected chi connectivity index (χ3v) is 3.42. The Morgan fingerprint density at radius 2 is 1.40 bits per heavy atom. The third kappa shape index (κ3) is 3.08. The van der Waals surface area contributed by atoms with Gasteiger partial charge < -0.3 is 0 Å². The molecule has 0 spiro atoms. The van der Waals surface area contributed by atoms with Gasteiger partial charge in [0.25, 0.3) is 0 Å². The summed E-state index contributed by atoms with van der Waals surface area (Å²) < 4.78 is 127. The number of hydrogen-bond donors (Lipinski definition) is 1. The molecular formula is C10H3BrF10N4. The van der Waals surface area contributed by atoms with Crippen LogP contribution in [0.2, 0.25) is 0 Å². The maximum atomic E-state index is 13.5. The van der Waals surface area contributed by atoms with Crippen LogP contribution < -0.4 is 0 Å². The number of nitrogens with one attached hydrogen (secondary N) is 1. The first-order chi connectivity index (χ1) is 11.1. The molecule has 0 fully saturated rings. The minimum absolute atomic E-state index is 0.00243. The molecule has 2 rings (SSSR count). The normalized spacial score (nSPS) is 14.2.